The van der Waals surface area contributed by atoms with Gasteiger partial charge in [0.25, 0.3) is 11.8 Å². The molecule has 5 heterocycles. The molecule has 1 aliphatic carbocycles. The van der Waals surface area contributed by atoms with Gasteiger partial charge in [0, 0.05) is 46.2 Å². The van der Waals surface area contributed by atoms with Crippen LogP contribution in [0.25, 0.3) is 22.6 Å². The zero-order chi connectivity index (χ0) is 69.6. The minimum Gasteiger partial charge on any atom is -0.458 e. The van der Waals surface area contributed by atoms with Gasteiger partial charge in [-0.3, -0.25) is 57.5 Å². The Hall–Kier alpha value is -9.13. The average molecular weight is 1300 g/mol. The van der Waals surface area contributed by atoms with E-state index in [9.17, 15) is 67.7 Å². The van der Waals surface area contributed by atoms with Gasteiger partial charge in [-0.2, -0.15) is 0 Å². The number of ketones is 1. The number of likely N-dealkylation sites (N-methyl/N-ethyl adjacent to an activating group) is 4. The highest BCUT2D eigenvalue weighted by Crippen LogP contribution is 2.36. The number of carbonyl (C=O) groups is 13. The van der Waals surface area contributed by atoms with Gasteiger partial charge >= 0.3 is 11.9 Å². The van der Waals surface area contributed by atoms with E-state index in [4.69, 9.17) is 24.6 Å². The number of fused-ring (bicyclic) bond motifs is 4. The zero-order valence-electron chi connectivity index (χ0n) is 55.0. The quantitative estimate of drug-likeness (QED) is 0.0728. The van der Waals surface area contributed by atoms with Crippen molar-refractivity contribution < 1.29 is 86.4 Å². The van der Waals surface area contributed by atoms with Gasteiger partial charge in [-0.25, -0.2) is 14.6 Å². The molecule has 4 saturated heterocycles. The first-order chi connectivity index (χ1) is 43.4. The van der Waals surface area contributed by atoms with Crippen molar-refractivity contribution in [2.45, 2.75) is 175 Å². The number of aliphatic hydroxyl groups excluding tert-OH is 2. The Kier molecular flexibility index (Phi) is 21.5. The zero-order valence-corrected chi connectivity index (χ0v) is 55.0. The van der Waals surface area contributed by atoms with Crippen LogP contribution in [0.4, 0.5) is 5.69 Å². The monoisotopic (exact) mass is 1300 g/mol. The smallest absolute Gasteiger partial charge is 0.329 e. The SMILES string of the molecule is Cc1c2oc3c(C)ccc(C(=O)N[C@@H]4C(=O)N[C@H](C(C)C)C(=O)N5[C@H](C)C[C@H](O)[C@H]5C(=O)N(C)CC(=O)N(C)[C@H](C(C)C)C(=O)O[C@H]4C)c3nc-2c(C(=O)N[C@@H]2C(=O)N[C@H](C(C)C)C(=O)N3[C@H](CC(=O)[C@@H]3C)C(=O)N(C)CC(=O)N(C)[C@H](C)C(=O)O[C@@H]2CO)c(N)c1=O. The Balaban J connectivity index is 1.34. The average Bonchev–Trinajstić information content (AvgIpc) is 1.48. The number of rotatable bonds is 8. The van der Waals surface area contributed by atoms with Crippen LogP contribution in [0.5, 0.6) is 0 Å². The number of Topliss-reactive ketones (excluding diaryl/α,β-unsaturated/α-hetero) is 1. The summed E-state index contributed by atoms with van der Waals surface area (Å²) in [5, 5.41) is 32.4. The number of cyclic esters (lactones) is 2. The lowest BCUT2D eigenvalue weighted by molar-refractivity contribution is -0.163. The van der Waals surface area contributed by atoms with E-state index in [1.807, 2.05) is 0 Å². The highest BCUT2D eigenvalue weighted by atomic mass is 16.6. The molecule has 1 aromatic rings. The van der Waals surface area contributed by atoms with Crippen molar-refractivity contribution >= 4 is 93.6 Å². The summed E-state index contributed by atoms with van der Waals surface area (Å²) >= 11 is 0. The second-order valence-corrected chi connectivity index (χ2v) is 25.6. The van der Waals surface area contributed by atoms with Crippen molar-refractivity contribution in [2.75, 3.05) is 53.6 Å². The fourth-order valence-corrected chi connectivity index (χ4v) is 12.2. The summed E-state index contributed by atoms with van der Waals surface area (Å²) in [6.45, 7) is 15.5. The molecule has 7 rings (SSSR count). The molecule has 0 unspecified atom stereocenters. The van der Waals surface area contributed by atoms with Gasteiger partial charge in [-0.15, -0.1) is 0 Å². The number of hydrogen-bond donors (Lipinski definition) is 7. The third-order valence-corrected chi connectivity index (χ3v) is 17.9. The number of amides is 10. The minimum atomic E-state index is -2.20. The molecule has 0 spiro atoms. The summed E-state index contributed by atoms with van der Waals surface area (Å²) in [6, 6.07) is -12.0. The molecule has 6 aliphatic rings. The van der Waals surface area contributed by atoms with Crippen LogP contribution in [0.2, 0.25) is 0 Å². The van der Waals surface area contributed by atoms with Crippen LogP contribution in [0, 0.1) is 31.6 Å². The number of aryl methyl sites for hydroxylation is 1. The van der Waals surface area contributed by atoms with Crippen molar-refractivity contribution in [3.8, 4) is 11.5 Å². The second-order valence-electron chi connectivity index (χ2n) is 25.6. The van der Waals surface area contributed by atoms with E-state index in [2.05, 4.69) is 21.3 Å². The number of carbonyl (C=O) groups excluding carboxylic acids is 13. The first-order valence-electron chi connectivity index (χ1n) is 30.6. The van der Waals surface area contributed by atoms with E-state index in [0.717, 1.165) is 29.4 Å². The number of nitrogens with zero attached hydrogens (tertiary/aromatic N) is 7. The van der Waals surface area contributed by atoms with Gasteiger partial charge in [-0.05, 0) is 77.3 Å². The first-order valence-corrected chi connectivity index (χ1v) is 30.6. The molecule has 1 aromatic carbocycles. The molecule has 0 bridgehead atoms. The molecular formula is C62H84N12O19. The van der Waals surface area contributed by atoms with Crippen molar-refractivity contribution in [1.82, 2.24) is 55.7 Å². The number of ether oxygens (including phenoxy) is 2. The van der Waals surface area contributed by atoms with Gasteiger partial charge in [-0.1, -0.05) is 47.6 Å². The third kappa shape index (κ3) is 13.8. The topological polar surface area (TPSA) is 418 Å². The number of aliphatic hydroxyl groups is 2. The number of nitrogen functional groups attached to an aromatic ring is 1. The number of benzene rings is 2. The van der Waals surface area contributed by atoms with Gasteiger partial charge in [0.15, 0.2) is 23.2 Å². The Morgan fingerprint density at radius 1 is 0.699 bits per heavy atom. The number of esters is 2. The summed E-state index contributed by atoms with van der Waals surface area (Å²) in [5.41, 5.74) is 2.69. The van der Waals surface area contributed by atoms with Crippen molar-refractivity contribution in [3.63, 3.8) is 0 Å². The fourth-order valence-electron chi connectivity index (χ4n) is 12.2. The van der Waals surface area contributed by atoms with Crippen LogP contribution in [0.15, 0.2) is 21.3 Å². The summed E-state index contributed by atoms with van der Waals surface area (Å²) in [5.74, 6) is -14.9. The summed E-state index contributed by atoms with van der Waals surface area (Å²) in [4.78, 5) is 212. The number of nitrogens with one attached hydrogen (secondary N) is 4. The van der Waals surface area contributed by atoms with Crippen molar-refractivity contribution in [1.29, 1.82) is 0 Å². The molecule has 506 valence electrons. The van der Waals surface area contributed by atoms with Gasteiger partial charge in [0.05, 0.1) is 48.7 Å². The van der Waals surface area contributed by atoms with E-state index in [1.165, 1.54) is 81.9 Å². The van der Waals surface area contributed by atoms with E-state index >= 15 is 9.59 Å². The van der Waals surface area contributed by atoms with Gasteiger partial charge in [0.2, 0.25) is 52.7 Å². The summed E-state index contributed by atoms with van der Waals surface area (Å²) in [7, 11) is 5.11. The molecule has 0 radical (unpaired) electrons. The molecule has 8 N–H and O–H groups in total. The lowest BCUT2D eigenvalue weighted by Crippen LogP contribution is -2.62. The van der Waals surface area contributed by atoms with Crippen LogP contribution < -0.4 is 32.4 Å². The number of nitrogens with two attached hydrogens (primary N) is 1. The first kappa shape index (κ1) is 71.3. The molecule has 13 atom stereocenters. The Morgan fingerprint density at radius 3 is 1.82 bits per heavy atom. The maximum absolute atomic E-state index is 15.2. The molecule has 31 heteroatoms. The molecule has 4 fully saturated rings. The predicted molar refractivity (Wildman–Crippen MR) is 329 cm³/mol. The molecule has 0 aromatic heterocycles. The highest BCUT2D eigenvalue weighted by molar-refractivity contribution is 6.11. The second kappa shape index (κ2) is 28.0. The molecule has 93 heavy (non-hydrogen) atoms. The van der Waals surface area contributed by atoms with Crippen LogP contribution in [0.3, 0.4) is 0 Å². The molecule has 0 saturated carbocycles. The lowest BCUT2D eigenvalue weighted by atomic mass is 9.98. The Morgan fingerprint density at radius 2 is 1.25 bits per heavy atom. The van der Waals surface area contributed by atoms with Crippen molar-refractivity contribution in [3.05, 3.63) is 44.6 Å². The van der Waals surface area contributed by atoms with Crippen LogP contribution in [0.1, 0.15) is 114 Å². The van der Waals surface area contributed by atoms with Gasteiger partial charge in [0.1, 0.15) is 65.6 Å². The standard InChI is InChI=1S/C62H84N12O19/c1-24(2)42-58(86)73-28(8)19-36(77)49(73)60(88)70(14)22-39(79)72(16)48(26(5)6)62(90)91-32(12)44(55(83)65-42)67-53(81)33-18-17-27(7)51-45(33)64-47-40(41(63)50(80)29(9)52(47)93-51)54(82)68-46-37(23-75)92-61(89)31(11)71(15)38(78)21-69(13)57(85)34-20-35(76)30(10)74(34)59(87)43(25(3)4)66-56(46)84/h17-18,24-26,28,30-32,34,36-37,42-44,46,48-49,75,77H,19-23,63H2,1-16H3,(H,65,83)(H,66,84)(H,67,81)(H,68,82)/t28-,30+,31-,32+,34-,36+,37-,42-,43-,44+,46+,48-,49+/m1/s1. The largest absolute Gasteiger partial charge is 0.458 e. The molecule has 5 aliphatic heterocycles. The molecule has 10 amide bonds. The van der Waals surface area contributed by atoms with Gasteiger partial charge < -0.3 is 80.5 Å². The maximum atomic E-state index is 15.2. The van der Waals surface area contributed by atoms with E-state index < -0.39 is 222 Å². The van der Waals surface area contributed by atoms with Crippen LogP contribution >= 0.6 is 0 Å². The highest BCUT2D eigenvalue weighted by Gasteiger charge is 2.52. The Bertz CT molecular complexity index is 3590. The number of hydrogen-bond acceptors (Lipinski definition) is 21. The number of aromatic nitrogens is 1. The van der Waals surface area contributed by atoms with Crippen LogP contribution in [-0.4, -0.2) is 248 Å². The third-order valence-electron chi connectivity index (χ3n) is 17.9. The predicted octanol–water partition coefficient (Wildman–Crippen LogP) is -2.01. The minimum absolute atomic E-state index is 0.0373. The maximum Gasteiger partial charge on any atom is 0.329 e. The van der Waals surface area contributed by atoms with E-state index in [1.54, 1.807) is 41.5 Å². The fraction of sp³-hybridized carbons (Fsp3) is 0.597. The van der Waals surface area contributed by atoms with E-state index in [-0.39, 0.29) is 34.4 Å². The molecular weight excluding hydrogens is 1220 g/mol. The van der Waals surface area contributed by atoms with Crippen LogP contribution in [-0.2, 0) is 62.2 Å². The number of anilines is 1. The van der Waals surface area contributed by atoms with E-state index in [0.29, 0.717) is 5.56 Å². The Labute approximate surface area is 536 Å². The normalized spacial score (nSPS) is 28.1. The summed E-state index contributed by atoms with van der Waals surface area (Å²) < 4.78 is 17.9. The lowest BCUT2D eigenvalue weighted by Gasteiger charge is -2.37. The summed E-state index contributed by atoms with van der Waals surface area (Å²) in [6.07, 6.45) is -5.48. The molecule has 31 nitrogen and oxygen atoms in total. The van der Waals surface area contributed by atoms with Crippen molar-refractivity contribution in [2.24, 2.45) is 17.8 Å².